The minimum atomic E-state index is -4.49. The highest BCUT2D eigenvalue weighted by Gasteiger charge is 2.32. The van der Waals surface area contributed by atoms with Gasteiger partial charge >= 0.3 is 6.18 Å². The number of hydrogen-bond donors (Lipinski definition) is 0. The molecule has 1 amide bonds. The van der Waals surface area contributed by atoms with Gasteiger partial charge in [-0.3, -0.25) is 4.79 Å². The van der Waals surface area contributed by atoms with Gasteiger partial charge in [-0.25, -0.2) is 9.97 Å². The summed E-state index contributed by atoms with van der Waals surface area (Å²) in [7, 11) is 0. The fourth-order valence-corrected chi connectivity index (χ4v) is 5.29. The van der Waals surface area contributed by atoms with E-state index < -0.39 is 11.7 Å². The van der Waals surface area contributed by atoms with Gasteiger partial charge in [0.05, 0.1) is 22.0 Å². The molecule has 0 radical (unpaired) electrons. The van der Waals surface area contributed by atoms with Crippen LogP contribution in [0.1, 0.15) is 5.56 Å². The number of thioether (sulfide) groups is 1. The molecular weight excluding hydrogens is 481 g/mol. The maximum absolute atomic E-state index is 12.8. The van der Waals surface area contributed by atoms with Crippen LogP contribution < -0.4 is 4.90 Å². The van der Waals surface area contributed by atoms with Gasteiger partial charge in [0, 0.05) is 43.3 Å². The van der Waals surface area contributed by atoms with E-state index in [0.717, 1.165) is 27.9 Å². The molecule has 1 aliphatic heterocycles. The van der Waals surface area contributed by atoms with E-state index in [1.54, 1.807) is 9.80 Å². The minimum absolute atomic E-state index is 0.00223. The summed E-state index contributed by atoms with van der Waals surface area (Å²) < 4.78 is 39.2. The highest BCUT2D eigenvalue weighted by molar-refractivity contribution is 8.01. The van der Waals surface area contributed by atoms with Gasteiger partial charge in [-0.2, -0.15) is 13.2 Å². The maximum atomic E-state index is 12.8. The van der Waals surface area contributed by atoms with Crippen molar-refractivity contribution in [2.45, 2.75) is 10.5 Å². The number of anilines is 1. The third-order valence-corrected chi connectivity index (χ3v) is 7.24. The van der Waals surface area contributed by atoms with Gasteiger partial charge in [-0.15, -0.1) is 11.3 Å². The van der Waals surface area contributed by atoms with Crippen LogP contribution in [0.5, 0.6) is 0 Å². The van der Waals surface area contributed by atoms with Crippen molar-refractivity contribution in [3.8, 4) is 11.3 Å². The van der Waals surface area contributed by atoms with Crippen molar-refractivity contribution in [2.75, 3.05) is 36.8 Å². The van der Waals surface area contributed by atoms with E-state index in [2.05, 4.69) is 9.97 Å². The molecule has 32 heavy (non-hydrogen) atoms. The molecule has 5 nitrogen and oxygen atoms in total. The number of piperazine rings is 1. The van der Waals surface area contributed by atoms with Crippen molar-refractivity contribution >= 4 is 46.4 Å². The lowest BCUT2D eigenvalue weighted by atomic mass is 10.2. The zero-order valence-electron chi connectivity index (χ0n) is 16.7. The Morgan fingerprint density at radius 2 is 1.88 bits per heavy atom. The summed E-state index contributed by atoms with van der Waals surface area (Å²) in [4.78, 5) is 24.6. The molecule has 2 aromatic heterocycles. The van der Waals surface area contributed by atoms with Gasteiger partial charge in [0.2, 0.25) is 5.91 Å². The van der Waals surface area contributed by atoms with Crippen LogP contribution in [0.4, 0.5) is 19.0 Å². The lowest BCUT2D eigenvalue weighted by molar-refractivity contribution is -0.137. The zero-order chi connectivity index (χ0) is 22.7. The summed E-state index contributed by atoms with van der Waals surface area (Å²) in [6.45, 7) is 1.80. The van der Waals surface area contributed by atoms with E-state index in [1.807, 2.05) is 35.7 Å². The molecule has 1 saturated heterocycles. The summed E-state index contributed by atoms with van der Waals surface area (Å²) in [6, 6.07) is 10.7. The number of hydrogen-bond acceptors (Lipinski definition) is 6. The lowest BCUT2D eigenvalue weighted by Gasteiger charge is -2.35. The van der Waals surface area contributed by atoms with Crippen LogP contribution in [-0.4, -0.2) is 52.7 Å². The summed E-state index contributed by atoms with van der Waals surface area (Å²) in [6.07, 6.45) is -3.70. The number of nitrogens with zero attached hydrogens (tertiary/aromatic N) is 4. The number of pyridine rings is 1. The van der Waals surface area contributed by atoms with Crippen LogP contribution in [0.25, 0.3) is 11.3 Å². The molecule has 0 aliphatic carbocycles. The molecule has 0 N–H and O–H groups in total. The second kappa shape index (κ2) is 9.68. The maximum Gasteiger partial charge on any atom is 0.417 e. The van der Waals surface area contributed by atoms with Crippen LogP contribution in [-0.2, 0) is 11.0 Å². The fraction of sp³-hybridized carbons (Fsp3) is 0.286. The summed E-state index contributed by atoms with van der Waals surface area (Å²) >= 11 is 8.95. The Bertz CT molecular complexity index is 1090. The van der Waals surface area contributed by atoms with E-state index in [-0.39, 0.29) is 16.7 Å². The highest BCUT2D eigenvalue weighted by Crippen LogP contribution is 2.34. The number of alkyl halides is 3. The number of thiazole rings is 1. The molecular formula is C21H18ClF3N4OS2. The average Bonchev–Trinajstić information content (AvgIpc) is 3.27. The van der Waals surface area contributed by atoms with E-state index in [1.165, 1.54) is 23.1 Å². The Morgan fingerprint density at radius 1 is 1.16 bits per heavy atom. The first kappa shape index (κ1) is 22.9. The van der Waals surface area contributed by atoms with Crippen molar-refractivity contribution in [3.05, 3.63) is 58.6 Å². The number of halogens is 4. The van der Waals surface area contributed by atoms with Gasteiger partial charge in [0.25, 0.3) is 0 Å². The topological polar surface area (TPSA) is 49.3 Å². The average molecular weight is 499 g/mol. The van der Waals surface area contributed by atoms with Crippen LogP contribution in [0, 0.1) is 0 Å². The number of benzene rings is 1. The Morgan fingerprint density at radius 3 is 2.53 bits per heavy atom. The first-order valence-corrected chi connectivity index (χ1v) is 11.9. The Balaban J connectivity index is 1.29. The molecule has 0 unspecified atom stereocenters. The predicted molar refractivity (Wildman–Crippen MR) is 121 cm³/mol. The van der Waals surface area contributed by atoms with Crippen molar-refractivity contribution in [2.24, 2.45) is 0 Å². The van der Waals surface area contributed by atoms with E-state index in [9.17, 15) is 18.0 Å². The SMILES string of the molecule is O=C(CSc1nc(-c2ccccc2)cs1)N1CCN(c2ncc(C(F)(F)F)cc2Cl)CC1. The molecule has 168 valence electrons. The number of amides is 1. The quantitative estimate of drug-likeness (QED) is 0.446. The fourth-order valence-electron chi connectivity index (χ4n) is 3.27. The molecule has 0 atom stereocenters. The van der Waals surface area contributed by atoms with Crippen molar-refractivity contribution < 1.29 is 18.0 Å². The molecule has 11 heteroatoms. The highest BCUT2D eigenvalue weighted by atomic mass is 35.5. The van der Waals surface area contributed by atoms with E-state index in [4.69, 9.17) is 11.6 Å². The molecule has 3 aromatic rings. The monoisotopic (exact) mass is 498 g/mol. The van der Waals surface area contributed by atoms with Gasteiger partial charge in [-0.05, 0) is 6.07 Å². The van der Waals surface area contributed by atoms with Gasteiger partial charge in [0.15, 0.2) is 4.34 Å². The molecule has 1 aromatic carbocycles. The molecule has 0 bridgehead atoms. The Kier molecular flexibility index (Phi) is 6.92. The Hall–Kier alpha value is -2.30. The summed E-state index contributed by atoms with van der Waals surface area (Å²) in [5.74, 6) is 0.580. The van der Waals surface area contributed by atoms with Gasteiger partial charge in [0.1, 0.15) is 5.82 Å². The standard InChI is InChI=1S/C21H18ClF3N4OS2/c22-16-10-15(21(23,24)25)11-26-19(16)29-8-6-28(7-9-29)18(30)13-32-20-27-17(12-31-20)14-4-2-1-3-5-14/h1-5,10-12H,6-9,13H2. The van der Waals surface area contributed by atoms with Crippen LogP contribution in [0.3, 0.4) is 0 Å². The number of carbonyl (C=O) groups excluding carboxylic acids is 1. The van der Waals surface area contributed by atoms with E-state index in [0.29, 0.717) is 32.0 Å². The molecule has 1 fully saturated rings. The molecule has 0 saturated carbocycles. The molecule has 4 rings (SSSR count). The van der Waals surface area contributed by atoms with Crippen molar-refractivity contribution in [1.82, 2.24) is 14.9 Å². The smallest absolute Gasteiger partial charge is 0.352 e. The second-order valence-corrected chi connectivity index (χ2v) is 9.54. The van der Waals surface area contributed by atoms with Gasteiger partial charge in [-0.1, -0.05) is 53.7 Å². The number of rotatable bonds is 5. The minimum Gasteiger partial charge on any atom is -0.352 e. The van der Waals surface area contributed by atoms with Crippen LogP contribution in [0.15, 0.2) is 52.3 Å². The van der Waals surface area contributed by atoms with Gasteiger partial charge < -0.3 is 9.80 Å². The Labute approximate surface area is 196 Å². The van der Waals surface area contributed by atoms with E-state index >= 15 is 0 Å². The molecule has 3 heterocycles. The normalized spacial score (nSPS) is 14.6. The number of carbonyl (C=O) groups is 1. The number of aromatic nitrogens is 2. The molecule has 1 aliphatic rings. The second-order valence-electron chi connectivity index (χ2n) is 7.05. The van der Waals surface area contributed by atoms with Crippen LogP contribution in [0.2, 0.25) is 5.02 Å². The summed E-state index contributed by atoms with van der Waals surface area (Å²) in [5.41, 5.74) is 1.04. The predicted octanol–water partition coefficient (Wildman–Crippen LogP) is 5.32. The van der Waals surface area contributed by atoms with Crippen LogP contribution >= 0.6 is 34.7 Å². The van der Waals surface area contributed by atoms with Crippen molar-refractivity contribution in [3.63, 3.8) is 0 Å². The summed E-state index contributed by atoms with van der Waals surface area (Å²) in [5, 5.41) is 1.93. The third kappa shape index (κ3) is 5.36. The third-order valence-electron chi connectivity index (χ3n) is 4.95. The van der Waals surface area contributed by atoms with Crippen molar-refractivity contribution in [1.29, 1.82) is 0 Å². The lowest BCUT2D eigenvalue weighted by Crippen LogP contribution is -2.49. The first-order valence-electron chi connectivity index (χ1n) is 9.70. The first-order chi connectivity index (χ1) is 15.3. The molecule has 0 spiro atoms. The zero-order valence-corrected chi connectivity index (χ0v) is 19.1. The largest absolute Gasteiger partial charge is 0.417 e.